The molecule has 0 fully saturated rings. The summed E-state index contributed by atoms with van der Waals surface area (Å²) in [6.45, 7) is 0. The summed E-state index contributed by atoms with van der Waals surface area (Å²) in [6.07, 6.45) is 4.78. The molecule has 0 saturated carbocycles. The van der Waals surface area contributed by atoms with Crippen LogP contribution in [0.3, 0.4) is 0 Å². The summed E-state index contributed by atoms with van der Waals surface area (Å²) in [5.41, 5.74) is 1.17. The molecule has 0 amide bonds. The highest BCUT2D eigenvalue weighted by molar-refractivity contribution is 9.09. The zero-order valence-electron chi connectivity index (χ0n) is 10.7. The van der Waals surface area contributed by atoms with Gasteiger partial charge >= 0.3 is 5.76 Å². The molecule has 1 aromatic carbocycles. The van der Waals surface area contributed by atoms with E-state index < -0.39 is 0 Å². The fraction of sp³-hybridized carbons (Fsp3) is 0.357. The van der Waals surface area contributed by atoms with Gasteiger partial charge in [-0.1, -0.05) is 28.1 Å². The average Bonchev–Trinajstić information content (AvgIpc) is 2.85. The van der Waals surface area contributed by atoms with Gasteiger partial charge in [-0.2, -0.15) is 0 Å². The van der Waals surface area contributed by atoms with Crippen LogP contribution in [0.15, 0.2) is 45.9 Å². The molecule has 0 saturated heterocycles. The first-order chi connectivity index (χ1) is 9.24. The monoisotopic (exact) mass is 325 g/mol. The van der Waals surface area contributed by atoms with Gasteiger partial charge in [-0.25, -0.2) is 4.79 Å². The molecule has 0 spiro atoms. The Bertz CT molecular complexity index is 559. The van der Waals surface area contributed by atoms with Gasteiger partial charge in [0.15, 0.2) is 0 Å². The molecule has 0 radical (unpaired) electrons. The normalized spacial score (nSPS) is 12.3. The van der Waals surface area contributed by atoms with E-state index in [1.807, 2.05) is 24.3 Å². The minimum absolute atomic E-state index is 0.0963. The van der Waals surface area contributed by atoms with E-state index >= 15 is 0 Å². The Hall–Kier alpha value is -1.49. The van der Waals surface area contributed by atoms with Crippen LogP contribution in [-0.4, -0.2) is 17.0 Å². The minimum Gasteiger partial charge on any atom is -0.497 e. The number of ether oxygens (including phenoxy) is 1. The van der Waals surface area contributed by atoms with Gasteiger partial charge in [0.1, 0.15) is 12.0 Å². The minimum atomic E-state index is -0.306. The lowest BCUT2D eigenvalue weighted by Gasteiger charge is -2.16. The Morgan fingerprint density at radius 1 is 1.37 bits per heavy atom. The second kappa shape index (κ2) is 6.61. The van der Waals surface area contributed by atoms with Crippen molar-refractivity contribution in [3.63, 3.8) is 0 Å². The Morgan fingerprint density at radius 3 is 2.63 bits per heavy atom. The number of nitrogens with zero attached hydrogens (tertiary/aromatic N) is 1. The standard InChI is InChI=1S/C14H16BrNO3/c1-18-13-4-2-11(3-5-13)10-12(6-7-15)16-8-9-19-14(16)17/h2-5,8-9,12H,6-7,10H2,1H3/t12-/m1/s1. The van der Waals surface area contributed by atoms with Gasteiger partial charge in [0, 0.05) is 17.6 Å². The maximum Gasteiger partial charge on any atom is 0.419 e. The molecule has 2 aromatic rings. The van der Waals surface area contributed by atoms with Crippen molar-refractivity contribution >= 4 is 15.9 Å². The number of oxazole rings is 1. The maximum absolute atomic E-state index is 11.6. The molecule has 0 N–H and O–H groups in total. The number of alkyl halides is 1. The third-order valence-electron chi connectivity index (χ3n) is 3.07. The van der Waals surface area contributed by atoms with Crippen molar-refractivity contribution in [2.24, 2.45) is 0 Å². The second-order valence-corrected chi connectivity index (χ2v) is 5.05. The summed E-state index contributed by atoms with van der Waals surface area (Å²) in [5.74, 6) is 0.528. The largest absolute Gasteiger partial charge is 0.497 e. The number of rotatable bonds is 6. The van der Waals surface area contributed by atoms with Gasteiger partial charge in [-0.05, 0) is 30.5 Å². The van der Waals surface area contributed by atoms with E-state index in [1.165, 1.54) is 11.8 Å². The van der Waals surface area contributed by atoms with E-state index in [9.17, 15) is 4.79 Å². The zero-order valence-corrected chi connectivity index (χ0v) is 12.3. The van der Waals surface area contributed by atoms with Gasteiger partial charge in [0.25, 0.3) is 0 Å². The summed E-state index contributed by atoms with van der Waals surface area (Å²) in [5, 5.41) is 0.839. The fourth-order valence-corrected chi connectivity index (χ4v) is 2.57. The van der Waals surface area contributed by atoms with E-state index in [0.29, 0.717) is 0 Å². The third-order valence-corrected chi connectivity index (χ3v) is 3.53. The van der Waals surface area contributed by atoms with Crippen molar-refractivity contribution < 1.29 is 9.15 Å². The van der Waals surface area contributed by atoms with E-state index in [2.05, 4.69) is 15.9 Å². The number of halogens is 1. The number of hydrogen-bond acceptors (Lipinski definition) is 3. The molecular formula is C14H16BrNO3. The molecule has 0 aliphatic rings. The molecule has 2 rings (SSSR count). The summed E-state index contributed by atoms with van der Waals surface area (Å²) in [6, 6.07) is 7.99. The molecule has 1 heterocycles. The van der Waals surface area contributed by atoms with Crippen LogP contribution in [0.25, 0.3) is 0 Å². The molecule has 0 aliphatic heterocycles. The van der Waals surface area contributed by atoms with E-state index in [4.69, 9.17) is 9.15 Å². The highest BCUT2D eigenvalue weighted by Crippen LogP contribution is 2.20. The molecule has 5 heteroatoms. The van der Waals surface area contributed by atoms with Crippen LogP contribution >= 0.6 is 15.9 Å². The molecule has 102 valence electrons. The van der Waals surface area contributed by atoms with Gasteiger partial charge in [0.2, 0.25) is 0 Å². The summed E-state index contributed by atoms with van der Waals surface area (Å²) in [4.78, 5) is 11.6. The van der Waals surface area contributed by atoms with Gasteiger partial charge in [0.05, 0.1) is 7.11 Å². The van der Waals surface area contributed by atoms with Crippen molar-refractivity contribution in [3.8, 4) is 5.75 Å². The quantitative estimate of drug-likeness (QED) is 0.767. The van der Waals surface area contributed by atoms with Crippen LogP contribution in [0.4, 0.5) is 0 Å². The summed E-state index contributed by atoms with van der Waals surface area (Å²) >= 11 is 3.43. The molecule has 4 nitrogen and oxygen atoms in total. The molecule has 0 aliphatic carbocycles. The first-order valence-electron chi connectivity index (χ1n) is 6.09. The second-order valence-electron chi connectivity index (χ2n) is 4.26. The predicted octanol–water partition coefficient (Wildman–Crippen LogP) is 3.02. The van der Waals surface area contributed by atoms with E-state index in [1.54, 1.807) is 17.9 Å². The van der Waals surface area contributed by atoms with Crippen molar-refractivity contribution in [1.29, 1.82) is 0 Å². The lowest BCUT2D eigenvalue weighted by Crippen LogP contribution is -2.22. The Morgan fingerprint density at radius 2 is 2.11 bits per heavy atom. The van der Waals surface area contributed by atoms with Gasteiger partial charge in [-0.3, -0.25) is 4.57 Å². The average molecular weight is 326 g/mol. The fourth-order valence-electron chi connectivity index (χ4n) is 2.05. The maximum atomic E-state index is 11.6. The van der Waals surface area contributed by atoms with Crippen molar-refractivity contribution in [1.82, 2.24) is 4.57 Å². The number of methoxy groups -OCH3 is 1. The molecule has 1 aromatic heterocycles. The van der Waals surface area contributed by atoms with Crippen LogP contribution in [0.5, 0.6) is 5.75 Å². The Labute approximate surface area is 120 Å². The first-order valence-corrected chi connectivity index (χ1v) is 7.21. The summed E-state index contributed by atoms with van der Waals surface area (Å²) in [7, 11) is 1.65. The lowest BCUT2D eigenvalue weighted by atomic mass is 10.0. The highest BCUT2D eigenvalue weighted by atomic mass is 79.9. The Balaban J connectivity index is 2.16. The molecule has 19 heavy (non-hydrogen) atoms. The van der Waals surface area contributed by atoms with Crippen molar-refractivity contribution in [2.75, 3.05) is 12.4 Å². The van der Waals surface area contributed by atoms with Crippen molar-refractivity contribution in [2.45, 2.75) is 18.9 Å². The van der Waals surface area contributed by atoms with Gasteiger partial charge in [-0.15, -0.1) is 0 Å². The van der Waals surface area contributed by atoms with Crippen LogP contribution in [-0.2, 0) is 6.42 Å². The molecule has 1 atom stereocenters. The third kappa shape index (κ3) is 3.50. The number of hydrogen-bond donors (Lipinski definition) is 0. The smallest absolute Gasteiger partial charge is 0.419 e. The predicted molar refractivity (Wildman–Crippen MR) is 77.1 cm³/mol. The Kier molecular flexibility index (Phi) is 4.85. The topological polar surface area (TPSA) is 44.4 Å². The lowest BCUT2D eigenvalue weighted by molar-refractivity contribution is 0.411. The van der Waals surface area contributed by atoms with E-state index in [0.717, 1.165) is 23.9 Å². The van der Waals surface area contributed by atoms with Crippen LogP contribution in [0.2, 0.25) is 0 Å². The van der Waals surface area contributed by atoms with Crippen LogP contribution in [0.1, 0.15) is 18.0 Å². The number of benzene rings is 1. The SMILES string of the molecule is COc1ccc(C[C@@H](CCBr)n2ccoc2=O)cc1. The molecule has 0 unspecified atom stereocenters. The molecule has 0 bridgehead atoms. The van der Waals surface area contributed by atoms with Crippen LogP contribution < -0.4 is 10.5 Å². The van der Waals surface area contributed by atoms with Crippen molar-refractivity contribution in [3.05, 3.63) is 52.8 Å². The highest BCUT2D eigenvalue weighted by Gasteiger charge is 2.14. The van der Waals surface area contributed by atoms with Gasteiger partial charge < -0.3 is 9.15 Å². The number of aromatic nitrogens is 1. The molecular weight excluding hydrogens is 310 g/mol. The summed E-state index contributed by atoms with van der Waals surface area (Å²) < 4.78 is 11.6. The first kappa shape index (κ1) is 13.9. The van der Waals surface area contributed by atoms with Crippen LogP contribution in [0, 0.1) is 0 Å². The zero-order chi connectivity index (χ0) is 13.7. The van der Waals surface area contributed by atoms with E-state index in [-0.39, 0.29) is 11.8 Å².